The van der Waals surface area contributed by atoms with Crippen LogP contribution in [0.5, 0.6) is 0 Å². The minimum Gasteiger partial charge on any atom is -0.368 e. The summed E-state index contributed by atoms with van der Waals surface area (Å²) < 4.78 is 26.8. The van der Waals surface area contributed by atoms with E-state index in [9.17, 15) is 13.2 Å². The second kappa shape index (κ2) is 4.92. The Balaban J connectivity index is 2.46. The van der Waals surface area contributed by atoms with Gasteiger partial charge in [0.05, 0.1) is 0 Å². The second-order valence-electron chi connectivity index (χ2n) is 4.73. The summed E-state index contributed by atoms with van der Waals surface area (Å²) in [7, 11) is -0.794. The molecule has 1 aliphatic heterocycles. The van der Waals surface area contributed by atoms with Gasteiger partial charge in [0.25, 0.3) is 10.2 Å². The molecule has 2 N–H and O–H groups in total. The van der Waals surface area contributed by atoms with Crippen molar-refractivity contribution in [2.45, 2.75) is 19.0 Å². The summed E-state index contributed by atoms with van der Waals surface area (Å²) in [6.07, 6.45) is 0.318. The highest BCUT2D eigenvalue weighted by molar-refractivity contribution is 7.86. The molecule has 104 valence electrons. The summed E-state index contributed by atoms with van der Waals surface area (Å²) in [5.74, 6) is -0.625. The van der Waals surface area contributed by atoms with Gasteiger partial charge in [0, 0.05) is 20.6 Å². The normalized spacial score (nSPS) is 20.3. The van der Waals surface area contributed by atoms with E-state index in [0.29, 0.717) is 6.42 Å². The van der Waals surface area contributed by atoms with E-state index in [1.165, 1.54) is 14.1 Å². The molecule has 0 unspecified atom stereocenters. The zero-order valence-corrected chi connectivity index (χ0v) is 11.7. The third-order valence-corrected chi connectivity index (χ3v) is 5.19. The van der Waals surface area contributed by atoms with E-state index in [1.807, 2.05) is 24.3 Å². The molecule has 0 aliphatic carbocycles. The molecule has 0 saturated heterocycles. The fourth-order valence-electron chi connectivity index (χ4n) is 2.19. The number of carbonyl (C=O) groups excluding carboxylic acids is 1. The SMILES string of the molecule is CN(C)S(=O)(=O)N1Cc2ccccc2C[C@@H]1C(N)=O. The van der Waals surface area contributed by atoms with Gasteiger partial charge in [-0.3, -0.25) is 4.79 Å². The summed E-state index contributed by atoms with van der Waals surface area (Å²) in [6.45, 7) is 0.171. The Kier molecular flexibility index (Phi) is 3.62. The zero-order valence-electron chi connectivity index (χ0n) is 10.9. The summed E-state index contributed by atoms with van der Waals surface area (Å²) in [6, 6.07) is 6.65. The summed E-state index contributed by atoms with van der Waals surface area (Å²) in [5.41, 5.74) is 7.22. The molecule has 1 aromatic rings. The van der Waals surface area contributed by atoms with E-state index in [2.05, 4.69) is 0 Å². The zero-order chi connectivity index (χ0) is 14.2. The highest BCUT2D eigenvalue weighted by Crippen LogP contribution is 2.26. The molecule has 0 aromatic heterocycles. The van der Waals surface area contributed by atoms with Gasteiger partial charge in [-0.2, -0.15) is 17.0 Å². The fraction of sp³-hybridized carbons (Fsp3) is 0.417. The van der Waals surface area contributed by atoms with Crippen LogP contribution in [-0.2, 0) is 28.0 Å². The number of fused-ring (bicyclic) bond motifs is 1. The number of hydrogen-bond acceptors (Lipinski definition) is 3. The summed E-state index contributed by atoms with van der Waals surface area (Å²) in [4.78, 5) is 11.5. The fourth-order valence-corrected chi connectivity index (χ4v) is 3.42. The Morgan fingerprint density at radius 3 is 2.42 bits per heavy atom. The first-order valence-electron chi connectivity index (χ1n) is 5.89. The monoisotopic (exact) mass is 283 g/mol. The van der Waals surface area contributed by atoms with E-state index in [0.717, 1.165) is 19.7 Å². The lowest BCUT2D eigenvalue weighted by molar-refractivity contribution is -0.122. The maximum Gasteiger partial charge on any atom is 0.282 e. The van der Waals surface area contributed by atoms with Crippen LogP contribution in [-0.4, -0.2) is 43.1 Å². The van der Waals surface area contributed by atoms with Crippen LogP contribution in [0.4, 0.5) is 0 Å². The number of primary amides is 1. The van der Waals surface area contributed by atoms with Crippen LogP contribution in [0.25, 0.3) is 0 Å². The summed E-state index contributed by atoms with van der Waals surface area (Å²) >= 11 is 0. The highest BCUT2D eigenvalue weighted by Gasteiger charge is 2.38. The van der Waals surface area contributed by atoms with Crippen molar-refractivity contribution >= 4 is 16.1 Å². The number of hydrogen-bond donors (Lipinski definition) is 1. The van der Waals surface area contributed by atoms with E-state index >= 15 is 0 Å². The van der Waals surface area contributed by atoms with Gasteiger partial charge in [0.1, 0.15) is 6.04 Å². The number of nitrogens with two attached hydrogens (primary N) is 1. The molecule has 19 heavy (non-hydrogen) atoms. The van der Waals surface area contributed by atoms with Crippen LogP contribution in [0.15, 0.2) is 24.3 Å². The second-order valence-corrected chi connectivity index (χ2v) is 6.82. The Labute approximate surface area is 113 Å². The van der Waals surface area contributed by atoms with Gasteiger partial charge in [0.2, 0.25) is 5.91 Å². The molecule has 0 saturated carbocycles. The van der Waals surface area contributed by atoms with Crippen LogP contribution in [0.2, 0.25) is 0 Å². The third kappa shape index (κ3) is 2.49. The molecule has 0 radical (unpaired) electrons. The van der Waals surface area contributed by atoms with E-state index in [4.69, 9.17) is 5.73 Å². The molecule has 2 rings (SSSR count). The van der Waals surface area contributed by atoms with Crippen LogP contribution >= 0.6 is 0 Å². The average molecular weight is 283 g/mol. The minimum absolute atomic E-state index is 0.171. The van der Waals surface area contributed by atoms with E-state index < -0.39 is 22.2 Å². The largest absolute Gasteiger partial charge is 0.368 e. The quantitative estimate of drug-likeness (QED) is 0.827. The molecule has 1 aliphatic rings. The molecule has 6 nitrogen and oxygen atoms in total. The lowest BCUT2D eigenvalue weighted by atomic mass is 9.96. The average Bonchev–Trinajstić information content (AvgIpc) is 2.36. The molecule has 1 amide bonds. The van der Waals surface area contributed by atoms with Crippen molar-refractivity contribution < 1.29 is 13.2 Å². The predicted molar refractivity (Wildman–Crippen MR) is 71.3 cm³/mol. The minimum atomic E-state index is -3.67. The third-order valence-electron chi connectivity index (χ3n) is 3.29. The molecule has 1 aromatic carbocycles. The van der Waals surface area contributed by atoms with Crippen molar-refractivity contribution in [3.05, 3.63) is 35.4 Å². The van der Waals surface area contributed by atoms with E-state index in [-0.39, 0.29) is 6.54 Å². The van der Waals surface area contributed by atoms with Gasteiger partial charge in [0.15, 0.2) is 0 Å². The van der Waals surface area contributed by atoms with Crippen LogP contribution in [0.3, 0.4) is 0 Å². The Morgan fingerprint density at radius 1 is 1.32 bits per heavy atom. The van der Waals surface area contributed by atoms with E-state index in [1.54, 1.807) is 0 Å². The highest BCUT2D eigenvalue weighted by atomic mass is 32.2. The number of rotatable bonds is 3. The van der Waals surface area contributed by atoms with Gasteiger partial charge in [-0.15, -0.1) is 0 Å². The number of carbonyl (C=O) groups is 1. The molecule has 1 heterocycles. The number of nitrogens with zero attached hydrogens (tertiary/aromatic N) is 2. The first-order valence-corrected chi connectivity index (χ1v) is 7.29. The van der Waals surface area contributed by atoms with Crippen LogP contribution in [0.1, 0.15) is 11.1 Å². The maximum atomic E-state index is 12.3. The lowest BCUT2D eigenvalue weighted by Gasteiger charge is -2.35. The Hall–Kier alpha value is -1.44. The summed E-state index contributed by atoms with van der Waals surface area (Å²) in [5, 5.41) is 0. The molecular weight excluding hydrogens is 266 g/mol. The molecular formula is C12H17N3O3S. The van der Waals surface area contributed by atoms with Gasteiger partial charge in [-0.25, -0.2) is 0 Å². The Bertz CT molecular complexity index is 598. The molecule has 0 spiro atoms. The lowest BCUT2D eigenvalue weighted by Crippen LogP contribution is -2.54. The number of amides is 1. The van der Waals surface area contributed by atoms with Gasteiger partial charge < -0.3 is 5.73 Å². The smallest absolute Gasteiger partial charge is 0.282 e. The Morgan fingerprint density at radius 2 is 1.89 bits per heavy atom. The van der Waals surface area contributed by atoms with Gasteiger partial charge in [-0.05, 0) is 17.5 Å². The first-order chi connectivity index (χ1) is 8.84. The van der Waals surface area contributed by atoms with Crippen LogP contribution < -0.4 is 5.73 Å². The van der Waals surface area contributed by atoms with Crippen molar-refractivity contribution in [1.29, 1.82) is 0 Å². The topological polar surface area (TPSA) is 83.7 Å². The predicted octanol–water partition coefficient (Wildman–Crippen LogP) is -0.295. The van der Waals surface area contributed by atoms with Crippen molar-refractivity contribution in [3.8, 4) is 0 Å². The molecule has 0 fully saturated rings. The molecule has 7 heteroatoms. The standard InChI is InChI=1S/C12H17N3O3S/c1-14(2)19(17,18)15-8-10-6-4-3-5-9(10)7-11(15)12(13)16/h3-6,11H,7-8H2,1-2H3,(H2,13,16)/t11-/m1/s1. The maximum absolute atomic E-state index is 12.3. The van der Waals surface area contributed by atoms with Crippen molar-refractivity contribution in [2.75, 3.05) is 14.1 Å². The van der Waals surface area contributed by atoms with Gasteiger partial charge in [-0.1, -0.05) is 24.3 Å². The van der Waals surface area contributed by atoms with Crippen molar-refractivity contribution in [1.82, 2.24) is 8.61 Å². The molecule has 0 bridgehead atoms. The van der Waals surface area contributed by atoms with Gasteiger partial charge >= 0.3 is 0 Å². The van der Waals surface area contributed by atoms with Crippen molar-refractivity contribution in [3.63, 3.8) is 0 Å². The number of benzene rings is 1. The molecule has 1 atom stereocenters. The van der Waals surface area contributed by atoms with Crippen LogP contribution in [0, 0.1) is 0 Å². The van der Waals surface area contributed by atoms with Crippen molar-refractivity contribution in [2.24, 2.45) is 5.73 Å². The first kappa shape index (κ1) is 14.0.